The van der Waals surface area contributed by atoms with E-state index in [1.165, 1.54) is 18.2 Å². The second-order valence-electron chi connectivity index (χ2n) is 4.12. The van der Waals surface area contributed by atoms with Crippen LogP contribution in [0, 0.1) is 11.7 Å². The third-order valence-corrected chi connectivity index (χ3v) is 4.85. The Kier molecular flexibility index (Phi) is 3.36. The van der Waals surface area contributed by atoms with Gasteiger partial charge in [0.2, 0.25) is 10.0 Å². The van der Waals surface area contributed by atoms with Crippen molar-refractivity contribution >= 4 is 16.0 Å². The van der Waals surface area contributed by atoms with E-state index in [9.17, 15) is 17.6 Å². The zero-order valence-electron chi connectivity index (χ0n) is 9.41. The lowest BCUT2D eigenvalue weighted by atomic mass is 10.1. The van der Waals surface area contributed by atoms with Gasteiger partial charge in [0, 0.05) is 13.1 Å². The third kappa shape index (κ3) is 2.23. The van der Waals surface area contributed by atoms with Crippen LogP contribution in [0.2, 0.25) is 0 Å². The van der Waals surface area contributed by atoms with Crippen molar-refractivity contribution in [2.45, 2.75) is 11.3 Å². The molecule has 1 aliphatic rings. The van der Waals surface area contributed by atoms with Crippen molar-refractivity contribution in [1.29, 1.82) is 0 Å². The van der Waals surface area contributed by atoms with Crippen LogP contribution in [0.1, 0.15) is 6.42 Å². The van der Waals surface area contributed by atoms with E-state index in [1.54, 1.807) is 0 Å². The van der Waals surface area contributed by atoms with Crippen LogP contribution in [0.3, 0.4) is 0 Å². The minimum absolute atomic E-state index is 0.105. The summed E-state index contributed by atoms with van der Waals surface area (Å²) in [4.78, 5) is 10.4. The number of aliphatic carboxylic acids is 1. The number of sulfonamides is 1. The molecule has 0 amide bonds. The summed E-state index contributed by atoms with van der Waals surface area (Å²) in [5.41, 5.74) is 0. The van der Waals surface area contributed by atoms with Crippen molar-refractivity contribution in [3.05, 3.63) is 30.1 Å². The normalized spacial score (nSPS) is 21.1. The Balaban J connectivity index is 2.29. The molecule has 1 aliphatic heterocycles. The van der Waals surface area contributed by atoms with Gasteiger partial charge in [0.15, 0.2) is 0 Å². The van der Waals surface area contributed by atoms with Gasteiger partial charge in [-0.1, -0.05) is 12.1 Å². The fourth-order valence-electron chi connectivity index (χ4n) is 1.94. The second kappa shape index (κ2) is 4.66. The number of hydrogen-bond donors (Lipinski definition) is 1. The molecule has 2 rings (SSSR count). The van der Waals surface area contributed by atoms with Crippen molar-refractivity contribution in [2.24, 2.45) is 5.92 Å². The molecule has 1 aromatic carbocycles. The number of rotatable bonds is 3. The smallest absolute Gasteiger partial charge is 0.307 e. The molecule has 18 heavy (non-hydrogen) atoms. The highest BCUT2D eigenvalue weighted by Crippen LogP contribution is 2.25. The lowest BCUT2D eigenvalue weighted by Crippen LogP contribution is -2.30. The Hall–Kier alpha value is -1.47. The average molecular weight is 273 g/mol. The lowest BCUT2D eigenvalue weighted by Gasteiger charge is -2.16. The molecule has 0 bridgehead atoms. The number of carbonyl (C=O) groups is 1. The Bertz CT molecular complexity index is 572. The van der Waals surface area contributed by atoms with Gasteiger partial charge in [-0.3, -0.25) is 4.79 Å². The predicted molar refractivity (Wildman–Crippen MR) is 60.9 cm³/mol. The zero-order valence-corrected chi connectivity index (χ0v) is 10.2. The first-order valence-electron chi connectivity index (χ1n) is 5.40. The van der Waals surface area contributed by atoms with Crippen LogP contribution in [0.25, 0.3) is 0 Å². The van der Waals surface area contributed by atoms with Crippen LogP contribution >= 0.6 is 0 Å². The SMILES string of the molecule is O=C(O)C1CCN(S(=O)(=O)c2ccccc2F)C1. The molecule has 0 spiro atoms. The molecule has 0 aliphatic carbocycles. The standard InChI is InChI=1S/C11H12FNO4S/c12-9-3-1-2-4-10(9)18(16,17)13-6-5-8(7-13)11(14)15/h1-4,8H,5-7H2,(H,14,15). The minimum atomic E-state index is -3.94. The van der Waals surface area contributed by atoms with E-state index in [-0.39, 0.29) is 19.5 Å². The molecule has 1 N–H and O–H groups in total. The summed E-state index contributed by atoms with van der Waals surface area (Å²) < 4.78 is 38.7. The topological polar surface area (TPSA) is 74.7 Å². The quantitative estimate of drug-likeness (QED) is 0.888. The largest absolute Gasteiger partial charge is 0.481 e. The first-order chi connectivity index (χ1) is 8.43. The van der Waals surface area contributed by atoms with Gasteiger partial charge in [-0.25, -0.2) is 12.8 Å². The van der Waals surface area contributed by atoms with Crippen molar-refractivity contribution in [1.82, 2.24) is 4.31 Å². The molecule has 98 valence electrons. The molecule has 0 radical (unpaired) electrons. The maximum absolute atomic E-state index is 13.5. The third-order valence-electron chi connectivity index (χ3n) is 2.95. The van der Waals surface area contributed by atoms with Crippen molar-refractivity contribution in [2.75, 3.05) is 13.1 Å². The summed E-state index contributed by atoms with van der Waals surface area (Å²) in [6, 6.07) is 5.08. The highest BCUT2D eigenvalue weighted by molar-refractivity contribution is 7.89. The van der Waals surface area contributed by atoms with Gasteiger partial charge in [-0.2, -0.15) is 4.31 Å². The van der Waals surface area contributed by atoms with Gasteiger partial charge < -0.3 is 5.11 Å². The molecular formula is C11H12FNO4S. The monoisotopic (exact) mass is 273 g/mol. The summed E-state index contributed by atoms with van der Waals surface area (Å²) in [6.07, 6.45) is 0.253. The highest BCUT2D eigenvalue weighted by Gasteiger charge is 2.36. The number of halogens is 1. The number of carboxylic acids is 1. The molecule has 0 saturated carbocycles. The Morgan fingerprint density at radius 2 is 2.06 bits per heavy atom. The van der Waals surface area contributed by atoms with Gasteiger partial charge in [0.05, 0.1) is 5.92 Å². The van der Waals surface area contributed by atoms with Crippen LogP contribution in [0.4, 0.5) is 4.39 Å². The molecule has 5 nitrogen and oxygen atoms in total. The first kappa shape index (κ1) is 13.0. The Morgan fingerprint density at radius 3 is 2.61 bits per heavy atom. The Morgan fingerprint density at radius 1 is 1.39 bits per heavy atom. The zero-order chi connectivity index (χ0) is 13.3. The van der Waals surface area contributed by atoms with E-state index in [4.69, 9.17) is 5.11 Å². The molecule has 1 fully saturated rings. The lowest BCUT2D eigenvalue weighted by molar-refractivity contribution is -0.141. The fraction of sp³-hybridized carbons (Fsp3) is 0.364. The van der Waals surface area contributed by atoms with E-state index < -0.39 is 32.6 Å². The van der Waals surface area contributed by atoms with E-state index in [1.807, 2.05) is 0 Å². The predicted octanol–water partition coefficient (Wildman–Crippen LogP) is 0.921. The molecule has 0 aromatic heterocycles. The van der Waals surface area contributed by atoms with E-state index in [2.05, 4.69) is 0 Å². The van der Waals surface area contributed by atoms with Gasteiger partial charge in [0.1, 0.15) is 10.7 Å². The molecule has 1 unspecified atom stereocenters. The van der Waals surface area contributed by atoms with Crippen LogP contribution in [0.5, 0.6) is 0 Å². The van der Waals surface area contributed by atoms with Crippen molar-refractivity contribution in [3.63, 3.8) is 0 Å². The highest BCUT2D eigenvalue weighted by atomic mass is 32.2. The fourth-order valence-corrected chi connectivity index (χ4v) is 3.51. The summed E-state index contributed by atoms with van der Waals surface area (Å²) in [6.45, 7) is -0.000362. The molecular weight excluding hydrogens is 261 g/mol. The van der Waals surface area contributed by atoms with Gasteiger partial charge in [-0.15, -0.1) is 0 Å². The molecule has 7 heteroatoms. The van der Waals surface area contributed by atoms with Gasteiger partial charge >= 0.3 is 5.97 Å². The van der Waals surface area contributed by atoms with Crippen LogP contribution in [-0.2, 0) is 14.8 Å². The molecule has 1 saturated heterocycles. The second-order valence-corrected chi connectivity index (χ2v) is 6.02. The van der Waals surface area contributed by atoms with Crippen molar-refractivity contribution in [3.8, 4) is 0 Å². The van der Waals surface area contributed by atoms with E-state index >= 15 is 0 Å². The number of hydrogen-bond acceptors (Lipinski definition) is 3. The van der Waals surface area contributed by atoms with E-state index in [0.29, 0.717) is 0 Å². The first-order valence-corrected chi connectivity index (χ1v) is 6.84. The number of carboxylic acid groups (broad SMARTS) is 1. The summed E-state index contributed by atoms with van der Waals surface area (Å²) in [7, 11) is -3.94. The summed E-state index contributed by atoms with van der Waals surface area (Å²) in [5, 5.41) is 8.83. The van der Waals surface area contributed by atoms with Crippen LogP contribution in [-0.4, -0.2) is 36.9 Å². The molecule has 1 atom stereocenters. The van der Waals surface area contributed by atoms with Gasteiger partial charge in [-0.05, 0) is 18.6 Å². The van der Waals surface area contributed by atoms with Crippen molar-refractivity contribution < 1.29 is 22.7 Å². The minimum Gasteiger partial charge on any atom is -0.481 e. The van der Waals surface area contributed by atoms with Crippen LogP contribution in [0.15, 0.2) is 29.2 Å². The maximum atomic E-state index is 13.5. The molecule has 1 heterocycles. The van der Waals surface area contributed by atoms with Crippen LogP contribution < -0.4 is 0 Å². The number of benzene rings is 1. The summed E-state index contributed by atoms with van der Waals surface area (Å²) in [5.74, 6) is -2.57. The van der Waals surface area contributed by atoms with E-state index in [0.717, 1.165) is 10.4 Å². The molecule has 1 aromatic rings. The summed E-state index contributed by atoms with van der Waals surface area (Å²) >= 11 is 0. The van der Waals surface area contributed by atoms with Gasteiger partial charge in [0.25, 0.3) is 0 Å². The number of nitrogens with zero attached hydrogens (tertiary/aromatic N) is 1. The Labute approximate surface area is 104 Å². The average Bonchev–Trinajstić information content (AvgIpc) is 2.79. The maximum Gasteiger partial charge on any atom is 0.307 e.